The summed E-state index contributed by atoms with van der Waals surface area (Å²) in [4.78, 5) is 11.7. The average Bonchev–Trinajstić information content (AvgIpc) is 2.45. The van der Waals surface area contributed by atoms with Gasteiger partial charge in [-0.2, -0.15) is 0 Å². The molecule has 0 saturated heterocycles. The molecule has 0 spiro atoms. The smallest absolute Gasteiger partial charge is 0.184 e. The summed E-state index contributed by atoms with van der Waals surface area (Å²) >= 11 is 0. The van der Waals surface area contributed by atoms with E-state index in [1.165, 1.54) is 57.8 Å². The first-order valence-electron chi connectivity index (χ1n) is 8.45. The van der Waals surface area contributed by atoms with Crippen molar-refractivity contribution in [2.24, 2.45) is 0 Å². The molecule has 1 atom stereocenters. The van der Waals surface area contributed by atoms with E-state index in [1.54, 1.807) is 19.3 Å². The zero-order chi connectivity index (χ0) is 15.1. The Labute approximate surface area is 126 Å². The highest BCUT2D eigenvalue weighted by atomic mass is 16.5. The molecule has 0 rings (SSSR count). The molecule has 0 aliphatic rings. The molecule has 118 valence electrons. The minimum Gasteiger partial charge on any atom is -0.373 e. The van der Waals surface area contributed by atoms with E-state index in [1.807, 2.05) is 6.92 Å². The van der Waals surface area contributed by atoms with Crippen LogP contribution >= 0.6 is 0 Å². The summed E-state index contributed by atoms with van der Waals surface area (Å²) < 4.78 is 5.25. The summed E-state index contributed by atoms with van der Waals surface area (Å²) in [5.41, 5.74) is 0. The van der Waals surface area contributed by atoms with Gasteiger partial charge in [0.15, 0.2) is 5.78 Å². The van der Waals surface area contributed by atoms with Crippen LogP contribution in [0.2, 0.25) is 0 Å². The fraction of sp³-hybridized carbons (Fsp3) is 0.833. The van der Waals surface area contributed by atoms with Gasteiger partial charge in [-0.15, -0.1) is 0 Å². The Morgan fingerprint density at radius 2 is 1.45 bits per heavy atom. The predicted octanol–water partition coefficient (Wildman–Crippen LogP) is 5.46. The number of ether oxygens (including phenoxy) is 1. The van der Waals surface area contributed by atoms with Crippen LogP contribution in [-0.2, 0) is 9.53 Å². The summed E-state index contributed by atoms with van der Waals surface area (Å²) in [6, 6.07) is 0. The van der Waals surface area contributed by atoms with Crippen LogP contribution < -0.4 is 0 Å². The Morgan fingerprint density at radius 3 is 1.90 bits per heavy atom. The second-order valence-electron chi connectivity index (χ2n) is 5.60. The van der Waals surface area contributed by atoms with E-state index in [-0.39, 0.29) is 11.9 Å². The number of unbranched alkanes of at least 4 members (excludes halogenated alkanes) is 9. The molecule has 0 amide bonds. The molecule has 0 aromatic heterocycles. The summed E-state index contributed by atoms with van der Waals surface area (Å²) in [7, 11) is 1.63. The maximum Gasteiger partial charge on any atom is 0.184 e. The monoisotopic (exact) mass is 282 g/mol. The SMILES string of the molecule is CC=CC(=O)C(CCCCCCCCCCCC)OC. The van der Waals surface area contributed by atoms with Crippen LogP contribution in [0.4, 0.5) is 0 Å². The first kappa shape index (κ1) is 19.4. The maximum atomic E-state index is 11.7. The Balaban J connectivity index is 3.40. The number of hydrogen-bond donors (Lipinski definition) is 0. The first-order chi connectivity index (χ1) is 9.76. The van der Waals surface area contributed by atoms with Crippen LogP contribution in [0.3, 0.4) is 0 Å². The first-order valence-corrected chi connectivity index (χ1v) is 8.45. The minimum atomic E-state index is -0.236. The Bertz CT molecular complexity index is 246. The zero-order valence-corrected chi connectivity index (χ0v) is 13.8. The van der Waals surface area contributed by atoms with Crippen molar-refractivity contribution in [2.45, 2.75) is 90.6 Å². The molecular formula is C18H34O2. The van der Waals surface area contributed by atoms with Gasteiger partial charge in [-0.1, -0.05) is 77.2 Å². The Hall–Kier alpha value is -0.630. The third-order valence-corrected chi connectivity index (χ3v) is 3.75. The van der Waals surface area contributed by atoms with Gasteiger partial charge < -0.3 is 4.74 Å². The standard InChI is InChI=1S/C18H34O2/c1-4-6-7-8-9-10-11-12-13-14-16-18(20-3)17(19)15-5-2/h5,15,18H,4,6-14,16H2,1-3H3. The fourth-order valence-electron chi connectivity index (χ4n) is 2.47. The van der Waals surface area contributed by atoms with Gasteiger partial charge in [-0.25, -0.2) is 0 Å². The third-order valence-electron chi connectivity index (χ3n) is 3.75. The summed E-state index contributed by atoms with van der Waals surface area (Å²) in [5, 5.41) is 0. The summed E-state index contributed by atoms with van der Waals surface area (Å²) in [6.45, 7) is 4.12. The normalized spacial score (nSPS) is 12.9. The molecule has 1 unspecified atom stereocenters. The molecule has 0 aliphatic heterocycles. The van der Waals surface area contributed by atoms with Gasteiger partial charge in [0, 0.05) is 7.11 Å². The van der Waals surface area contributed by atoms with Crippen molar-refractivity contribution in [1.29, 1.82) is 0 Å². The average molecular weight is 282 g/mol. The minimum absolute atomic E-state index is 0.103. The van der Waals surface area contributed by atoms with Crippen molar-refractivity contribution in [1.82, 2.24) is 0 Å². The lowest BCUT2D eigenvalue weighted by molar-refractivity contribution is -0.124. The van der Waals surface area contributed by atoms with Gasteiger partial charge in [-0.05, 0) is 19.4 Å². The number of carbonyl (C=O) groups is 1. The van der Waals surface area contributed by atoms with E-state index in [0.29, 0.717) is 0 Å². The third kappa shape index (κ3) is 11.2. The molecule has 0 radical (unpaired) electrons. The highest BCUT2D eigenvalue weighted by Gasteiger charge is 2.13. The molecule has 0 aromatic carbocycles. The van der Waals surface area contributed by atoms with Gasteiger partial charge in [0.2, 0.25) is 0 Å². The molecule has 20 heavy (non-hydrogen) atoms. The molecule has 0 bridgehead atoms. The number of allylic oxidation sites excluding steroid dienone is 1. The molecule has 2 heteroatoms. The number of rotatable bonds is 14. The van der Waals surface area contributed by atoms with E-state index in [2.05, 4.69) is 6.92 Å². The van der Waals surface area contributed by atoms with Gasteiger partial charge in [0.1, 0.15) is 6.10 Å². The lowest BCUT2D eigenvalue weighted by Gasteiger charge is -2.11. The van der Waals surface area contributed by atoms with Gasteiger partial charge in [0.25, 0.3) is 0 Å². The van der Waals surface area contributed by atoms with Crippen LogP contribution in [-0.4, -0.2) is 19.0 Å². The topological polar surface area (TPSA) is 26.3 Å². The molecule has 0 fully saturated rings. The Morgan fingerprint density at radius 1 is 0.950 bits per heavy atom. The maximum absolute atomic E-state index is 11.7. The lowest BCUT2D eigenvalue weighted by atomic mass is 10.0. The van der Waals surface area contributed by atoms with Crippen molar-refractivity contribution < 1.29 is 9.53 Å². The molecule has 0 N–H and O–H groups in total. The van der Waals surface area contributed by atoms with E-state index in [4.69, 9.17) is 4.74 Å². The van der Waals surface area contributed by atoms with Crippen molar-refractivity contribution in [3.8, 4) is 0 Å². The number of ketones is 1. The van der Waals surface area contributed by atoms with Crippen molar-refractivity contribution >= 4 is 5.78 Å². The predicted molar refractivity (Wildman–Crippen MR) is 87.1 cm³/mol. The Kier molecular flexibility index (Phi) is 14.3. The van der Waals surface area contributed by atoms with Gasteiger partial charge in [0.05, 0.1) is 0 Å². The summed E-state index contributed by atoms with van der Waals surface area (Å²) in [6.07, 6.45) is 17.2. The second kappa shape index (κ2) is 14.8. The van der Waals surface area contributed by atoms with E-state index >= 15 is 0 Å². The highest BCUT2D eigenvalue weighted by molar-refractivity contribution is 5.93. The quantitative estimate of drug-likeness (QED) is 0.312. The van der Waals surface area contributed by atoms with Crippen molar-refractivity contribution in [3.63, 3.8) is 0 Å². The summed E-state index contributed by atoms with van der Waals surface area (Å²) in [5.74, 6) is 0.103. The lowest BCUT2D eigenvalue weighted by Crippen LogP contribution is -2.20. The number of methoxy groups -OCH3 is 1. The largest absolute Gasteiger partial charge is 0.373 e. The molecule has 0 aliphatic carbocycles. The van der Waals surface area contributed by atoms with Crippen LogP contribution in [0.5, 0.6) is 0 Å². The zero-order valence-electron chi connectivity index (χ0n) is 13.8. The fourth-order valence-corrected chi connectivity index (χ4v) is 2.47. The van der Waals surface area contributed by atoms with Gasteiger partial charge >= 0.3 is 0 Å². The van der Waals surface area contributed by atoms with E-state index in [0.717, 1.165) is 12.8 Å². The highest BCUT2D eigenvalue weighted by Crippen LogP contribution is 2.13. The number of carbonyl (C=O) groups excluding carboxylic acids is 1. The van der Waals surface area contributed by atoms with E-state index < -0.39 is 0 Å². The molecule has 2 nitrogen and oxygen atoms in total. The van der Waals surface area contributed by atoms with E-state index in [9.17, 15) is 4.79 Å². The molecule has 0 saturated carbocycles. The molecule has 0 aromatic rings. The van der Waals surface area contributed by atoms with Crippen LogP contribution in [0.25, 0.3) is 0 Å². The van der Waals surface area contributed by atoms with Crippen LogP contribution in [0, 0.1) is 0 Å². The van der Waals surface area contributed by atoms with Crippen LogP contribution in [0.15, 0.2) is 12.2 Å². The van der Waals surface area contributed by atoms with Crippen LogP contribution in [0.1, 0.15) is 84.5 Å². The van der Waals surface area contributed by atoms with Crippen molar-refractivity contribution in [3.05, 3.63) is 12.2 Å². The van der Waals surface area contributed by atoms with Gasteiger partial charge in [-0.3, -0.25) is 4.79 Å². The number of hydrogen-bond acceptors (Lipinski definition) is 2. The molecule has 0 heterocycles. The second-order valence-corrected chi connectivity index (χ2v) is 5.60. The molecular weight excluding hydrogens is 248 g/mol. The van der Waals surface area contributed by atoms with Crippen molar-refractivity contribution in [2.75, 3.05) is 7.11 Å².